The topological polar surface area (TPSA) is 66.5 Å². The molecule has 0 aliphatic carbocycles. The molecule has 1 aliphatic heterocycles. The van der Waals surface area contributed by atoms with Crippen molar-refractivity contribution in [3.8, 4) is 0 Å². The molecule has 2 rings (SSSR count). The van der Waals surface area contributed by atoms with Crippen LogP contribution in [0.4, 0.5) is 5.69 Å². The van der Waals surface area contributed by atoms with E-state index in [0.29, 0.717) is 17.4 Å². The van der Waals surface area contributed by atoms with E-state index in [1.165, 1.54) is 13.2 Å². The van der Waals surface area contributed by atoms with E-state index in [0.717, 1.165) is 31.6 Å². The summed E-state index contributed by atoms with van der Waals surface area (Å²) in [6.45, 7) is 3.78. The van der Waals surface area contributed by atoms with E-state index in [9.17, 15) is 13.2 Å². The minimum Gasteiger partial charge on any atom is -0.370 e. The van der Waals surface area contributed by atoms with Crippen molar-refractivity contribution in [1.82, 2.24) is 5.32 Å². The van der Waals surface area contributed by atoms with Crippen LogP contribution in [0.25, 0.3) is 0 Å². The Kier molecular flexibility index (Phi) is 4.88. The maximum absolute atomic E-state index is 11.9. The van der Waals surface area contributed by atoms with E-state index in [1.54, 1.807) is 12.1 Å². The lowest BCUT2D eigenvalue weighted by Crippen LogP contribution is -2.41. The van der Waals surface area contributed by atoms with Crippen molar-refractivity contribution in [3.05, 3.63) is 24.3 Å². The fourth-order valence-electron chi connectivity index (χ4n) is 2.77. The quantitative estimate of drug-likeness (QED) is 0.914. The van der Waals surface area contributed by atoms with Crippen molar-refractivity contribution in [2.45, 2.75) is 24.7 Å². The van der Waals surface area contributed by atoms with Crippen LogP contribution in [0, 0.1) is 5.92 Å². The summed E-state index contributed by atoms with van der Waals surface area (Å²) in [5, 5.41) is 2.85. The van der Waals surface area contributed by atoms with Gasteiger partial charge in [0.05, 0.1) is 10.6 Å². The van der Waals surface area contributed by atoms with Crippen molar-refractivity contribution in [3.63, 3.8) is 0 Å². The molecule has 1 saturated heterocycles. The summed E-state index contributed by atoms with van der Waals surface area (Å²) in [7, 11) is -3.24. The molecule has 21 heavy (non-hydrogen) atoms. The Morgan fingerprint density at radius 3 is 2.76 bits per heavy atom. The van der Waals surface area contributed by atoms with Crippen molar-refractivity contribution in [1.29, 1.82) is 0 Å². The normalized spacial score (nSPS) is 19.3. The number of carbonyl (C=O) groups is 1. The van der Waals surface area contributed by atoms with Crippen LogP contribution in [0.5, 0.6) is 0 Å². The summed E-state index contributed by atoms with van der Waals surface area (Å²) in [6.07, 6.45) is 3.30. The number of piperidine rings is 1. The molecular formula is C15H22N2O3S. The number of hydrogen-bond donors (Lipinski definition) is 1. The van der Waals surface area contributed by atoms with Gasteiger partial charge in [-0.05, 0) is 30.9 Å². The smallest absolute Gasteiger partial charge is 0.216 e. The number of nitrogens with zero attached hydrogens (tertiary/aromatic N) is 1. The first-order valence-electron chi connectivity index (χ1n) is 7.16. The third-order valence-electron chi connectivity index (χ3n) is 3.76. The number of sulfone groups is 1. The Hall–Kier alpha value is -1.56. The zero-order valence-electron chi connectivity index (χ0n) is 12.5. The first-order valence-corrected chi connectivity index (χ1v) is 9.05. The summed E-state index contributed by atoms with van der Waals surface area (Å²) in [5.41, 5.74) is 0.771. The zero-order chi connectivity index (χ0) is 15.5. The van der Waals surface area contributed by atoms with E-state index in [-0.39, 0.29) is 5.91 Å². The molecular weight excluding hydrogens is 288 g/mol. The number of rotatable bonds is 4. The van der Waals surface area contributed by atoms with Crippen LogP contribution in [0.3, 0.4) is 0 Å². The van der Waals surface area contributed by atoms with Crippen molar-refractivity contribution < 1.29 is 13.2 Å². The molecule has 6 heteroatoms. The van der Waals surface area contributed by atoms with Gasteiger partial charge in [0.25, 0.3) is 0 Å². The van der Waals surface area contributed by atoms with Crippen LogP contribution >= 0.6 is 0 Å². The molecule has 116 valence electrons. The van der Waals surface area contributed by atoms with Crippen LogP contribution in [0.2, 0.25) is 0 Å². The number of hydrogen-bond acceptors (Lipinski definition) is 4. The van der Waals surface area contributed by atoms with E-state index >= 15 is 0 Å². The van der Waals surface area contributed by atoms with E-state index in [4.69, 9.17) is 0 Å². The predicted molar refractivity (Wildman–Crippen MR) is 83.2 cm³/mol. The SMILES string of the molecule is CC(=O)NCC1CCCN(c2ccccc2S(C)(=O)=O)C1. The fraction of sp³-hybridized carbons (Fsp3) is 0.533. The van der Waals surface area contributed by atoms with Gasteiger partial charge in [-0.3, -0.25) is 4.79 Å². The standard InChI is InChI=1S/C15H22N2O3S/c1-12(18)16-10-13-6-5-9-17(11-13)14-7-3-4-8-15(14)21(2,19)20/h3-4,7-8,13H,5-6,9-11H2,1-2H3,(H,16,18). The maximum atomic E-state index is 11.9. The highest BCUT2D eigenvalue weighted by Gasteiger charge is 2.24. The monoisotopic (exact) mass is 310 g/mol. The predicted octanol–water partition coefficient (Wildman–Crippen LogP) is 1.44. The molecule has 1 aromatic carbocycles. The van der Waals surface area contributed by atoms with Gasteiger partial charge in [-0.25, -0.2) is 8.42 Å². The summed E-state index contributed by atoms with van der Waals surface area (Å²) in [5.74, 6) is 0.332. The van der Waals surface area contributed by atoms with Crippen molar-refractivity contribution in [2.24, 2.45) is 5.92 Å². The van der Waals surface area contributed by atoms with Gasteiger partial charge in [0.1, 0.15) is 0 Å². The fourth-order valence-corrected chi connectivity index (χ4v) is 3.67. The Morgan fingerprint density at radius 2 is 2.10 bits per heavy atom. The number of para-hydroxylation sites is 1. The molecule has 1 amide bonds. The second-order valence-corrected chi connectivity index (χ2v) is 7.62. The number of anilines is 1. The largest absolute Gasteiger partial charge is 0.370 e. The molecule has 0 aromatic heterocycles. The summed E-state index contributed by atoms with van der Waals surface area (Å²) in [6, 6.07) is 7.12. The van der Waals surface area contributed by atoms with Gasteiger partial charge in [0, 0.05) is 32.8 Å². The molecule has 0 bridgehead atoms. The lowest BCUT2D eigenvalue weighted by molar-refractivity contribution is -0.119. The average molecular weight is 310 g/mol. The van der Waals surface area contributed by atoms with Gasteiger partial charge in [0.15, 0.2) is 9.84 Å². The summed E-state index contributed by atoms with van der Waals surface area (Å²) < 4.78 is 23.8. The highest BCUT2D eigenvalue weighted by Crippen LogP contribution is 2.29. The van der Waals surface area contributed by atoms with Crippen LogP contribution in [-0.2, 0) is 14.6 Å². The Balaban J connectivity index is 2.17. The van der Waals surface area contributed by atoms with Crippen LogP contribution < -0.4 is 10.2 Å². The van der Waals surface area contributed by atoms with E-state index in [2.05, 4.69) is 10.2 Å². The molecule has 1 aliphatic rings. The highest BCUT2D eigenvalue weighted by atomic mass is 32.2. The van der Waals surface area contributed by atoms with Crippen LogP contribution in [0.15, 0.2) is 29.2 Å². The molecule has 1 heterocycles. The maximum Gasteiger partial charge on any atom is 0.216 e. The van der Waals surface area contributed by atoms with Crippen LogP contribution in [0.1, 0.15) is 19.8 Å². The van der Waals surface area contributed by atoms with Gasteiger partial charge in [-0.1, -0.05) is 12.1 Å². The first kappa shape index (κ1) is 15.8. The van der Waals surface area contributed by atoms with Crippen LogP contribution in [-0.4, -0.2) is 40.2 Å². The molecule has 1 fully saturated rings. The zero-order valence-corrected chi connectivity index (χ0v) is 13.3. The Bertz CT molecular complexity index is 613. The van der Waals surface area contributed by atoms with Gasteiger partial charge in [-0.2, -0.15) is 0 Å². The lowest BCUT2D eigenvalue weighted by atomic mass is 9.97. The van der Waals surface area contributed by atoms with Gasteiger partial charge in [0.2, 0.25) is 5.91 Å². The second-order valence-electron chi connectivity index (χ2n) is 5.63. The van der Waals surface area contributed by atoms with E-state index in [1.807, 2.05) is 12.1 Å². The minimum absolute atomic E-state index is 0.0244. The Labute approximate surface area is 126 Å². The van der Waals surface area contributed by atoms with E-state index < -0.39 is 9.84 Å². The van der Waals surface area contributed by atoms with Gasteiger partial charge in [-0.15, -0.1) is 0 Å². The number of benzene rings is 1. The summed E-state index contributed by atoms with van der Waals surface area (Å²) >= 11 is 0. The highest BCUT2D eigenvalue weighted by molar-refractivity contribution is 7.90. The molecule has 0 radical (unpaired) electrons. The van der Waals surface area contributed by atoms with Crippen molar-refractivity contribution in [2.75, 3.05) is 30.8 Å². The molecule has 1 atom stereocenters. The van der Waals surface area contributed by atoms with Gasteiger partial charge < -0.3 is 10.2 Å². The van der Waals surface area contributed by atoms with Crippen molar-refractivity contribution >= 4 is 21.4 Å². The molecule has 1 unspecified atom stereocenters. The number of amides is 1. The number of nitrogens with one attached hydrogen (secondary N) is 1. The number of carbonyl (C=O) groups excluding carboxylic acids is 1. The second kappa shape index (κ2) is 6.47. The molecule has 1 aromatic rings. The lowest BCUT2D eigenvalue weighted by Gasteiger charge is -2.35. The molecule has 5 nitrogen and oxygen atoms in total. The van der Waals surface area contributed by atoms with Gasteiger partial charge >= 0.3 is 0 Å². The molecule has 1 N–H and O–H groups in total. The average Bonchev–Trinajstić information content (AvgIpc) is 2.44. The molecule has 0 saturated carbocycles. The third-order valence-corrected chi connectivity index (χ3v) is 4.91. The summed E-state index contributed by atoms with van der Waals surface area (Å²) in [4.78, 5) is 13.5. The Morgan fingerprint density at radius 1 is 1.38 bits per heavy atom. The third kappa shape index (κ3) is 4.20. The first-order chi connectivity index (χ1) is 9.88. The molecule has 0 spiro atoms. The minimum atomic E-state index is -3.24.